The number of carboxylic acid groups (broad SMARTS) is 1. The van der Waals surface area contributed by atoms with Gasteiger partial charge in [-0.1, -0.05) is 17.7 Å². The molecule has 2 rings (SSSR count). The van der Waals surface area contributed by atoms with Gasteiger partial charge in [-0.05, 0) is 19.1 Å². The van der Waals surface area contributed by atoms with Gasteiger partial charge in [-0.3, -0.25) is 4.79 Å². The van der Waals surface area contributed by atoms with Crippen LogP contribution in [0.1, 0.15) is 11.5 Å². The Morgan fingerprint density at radius 3 is 2.53 bits per heavy atom. The fourth-order valence-corrected chi connectivity index (χ4v) is 1.27. The predicted molar refractivity (Wildman–Crippen MR) is 61.6 cm³/mol. The summed E-state index contributed by atoms with van der Waals surface area (Å²) in [6, 6.07) is 7.56. The van der Waals surface area contributed by atoms with Crippen LogP contribution < -0.4 is 0 Å². The molecule has 0 amide bonds. The van der Waals surface area contributed by atoms with Crippen LogP contribution in [0.15, 0.2) is 28.7 Å². The van der Waals surface area contributed by atoms with Gasteiger partial charge in [-0.2, -0.15) is 0 Å². The average Bonchev–Trinajstić information content (AvgIpc) is 2.66. The van der Waals surface area contributed by atoms with Gasteiger partial charge in [0.15, 0.2) is 0 Å². The van der Waals surface area contributed by atoms with E-state index in [1.54, 1.807) is 0 Å². The van der Waals surface area contributed by atoms with Gasteiger partial charge in [0, 0.05) is 56.9 Å². The normalized spacial score (nSPS) is 9.71. The largest absolute Gasteiger partial charge is 0.481 e. The minimum atomic E-state index is -0.987. The Kier molecular flexibility index (Phi) is 5.48. The van der Waals surface area contributed by atoms with Crippen LogP contribution in [0, 0.1) is 6.92 Å². The molecule has 5 nitrogen and oxygen atoms in total. The second-order valence-electron chi connectivity index (χ2n) is 3.44. The molecule has 1 heterocycles. The number of carbonyl (C=O) groups is 1. The predicted octanol–water partition coefficient (Wildman–Crippen LogP) is 1.29. The van der Waals surface area contributed by atoms with E-state index in [1.165, 1.54) is 0 Å². The molecule has 0 spiro atoms. The summed E-state index contributed by atoms with van der Waals surface area (Å²) in [5.74, 6) is -0.529. The number of hydrogen-bond donors (Lipinski definition) is 1. The van der Waals surface area contributed by atoms with Crippen LogP contribution in [0.25, 0.3) is 11.5 Å². The molecular weight excluding hydrogens is 247 g/mol. The summed E-state index contributed by atoms with van der Waals surface area (Å²) in [6.07, 6.45) is -0.251. The van der Waals surface area contributed by atoms with Gasteiger partial charge in [0.25, 0.3) is 0 Å². The molecule has 1 aromatic heterocycles. The van der Waals surface area contributed by atoms with Gasteiger partial charge in [0.1, 0.15) is 6.42 Å². The SMILES string of the molecule is Cc1ccc(-c2nnc(CC(=O)O)o2)cc1.[K]. The quantitative estimate of drug-likeness (QED) is 0.838. The molecule has 1 aromatic carbocycles. The van der Waals surface area contributed by atoms with E-state index in [0.29, 0.717) is 5.89 Å². The van der Waals surface area contributed by atoms with Crippen molar-refractivity contribution in [3.63, 3.8) is 0 Å². The van der Waals surface area contributed by atoms with Gasteiger partial charge in [0.05, 0.1) is 0 Å². The summed E-state index contributed by atoms with van der Waals surface area (Å²) in [4.78, 5) is 10.4. The van der Waals surface area contributed by atoms with E-state index in [1.807, 2.05) is 31.2 Å². The second kappa shape index (κ2) is 6.41. The third-order valence-corrected chi connectivity index (χ3v) is 2.07. The first-order chi connectivity index (χ1) is 7.65. The molecule has 0 bridgehead atoms. The van der Waals surface area contributed by atoms with Crippen LogP contribution in [-0.4, -0.2) is 72.7 Å². The van der Waals surface area contributed by atoms with Gasteiger partial charge >= 0.3 is 5.97 Å². The summed E-state index contributed by atoms with van der Waals surface area (Å²) in [6.45, 7) is 1.98. The number of aromatic nitrogens is 2. The third-order valence-electron chi connectivity index (χ3n) is 2.07. The molecule has 2 aromatic rings. The molecule has 0 aliphatic carbocycles. The maximum atomic E-state index is 10.4. The Morgan fingerprint density at radius 2 is 1.94 bits per heavy atom. The maximum absolute atomic E-state index is 10.4. The molecule has 0 saturated heterocycles. The van der Waals surface area contributed by atoms with Crippen LogP contribution in [0.5, 0.6) is 0 Å². The van der Waals surface area contributed by atoms with E-state index in [2.05, 4.69) is 10.2 Å². The minimum absolute atomic E-state index is 0. The molecule has 1 radical (unpaired) electrons. The second-order valence-corrected chi connectivity index (χ2v) is 3.44. The zero-order valence-electron chi connectivity index (χ0n) is 9.67. The minimum Gasteiger partial charge on any atom is -0.481 e. The molecule has 0 unspecified atom stereocenters. The smallest absolute Gasteiger partial charge is 0.312 e. The van der Waals surface area contributed by atoms with E-state index in [0.717, 1.165) is 11.1 Å². The summed E-state index contributed by atoms with van der Waals surface area (Å²) in [5.41, 5.74) is 1.92. The van der Waals surface area contributed by atoms with Crippen LogP contribution in [-0.2, 0) is 11.2 Å². The fraction of sp³-hybridized carbons (Fsp3) is 0.182. The molecule has 1 N–H and O–H groups in total. The molecule has 0 saturated carbocycles. The summed E-state index contributed by atoms with van der Waals surface area (Å²) >= 11 is 0. The van der Waals surface area contributed by atoms with E-state index >= 15 is 0 Å². The molecule has 0 atom stereocenters. The molecule has 17 heavy (non-hydrogen) atoms. The number of nitrogens with zero attached hydrogens (tertiary/aromatic N) is 2. The first-order valence-corrected chi connectivity index (χ1v) is 4.76. The summed E-state index contributed by atoms with van der Waals surface area (Å²) < 4.78 is 5.22. The molecule has 6 heteroatoms. The Labute approximate surface area is 141 Å². The molecular formula is C11H10KN2O3. The van der Waals surface area contributed by atoms with Crippen molar-refractivity contribution in [2.75, 3.05) is 0 Å². The number of rotatable bonds is 3. The van der Waals surface area contributed by atoms with Crippen LogP contribution in [0.3, 0.4) is 0 Å². The summed E-state index contributed by atoms with van der Waals surface area (Å²) in [7, 11) is 0. The Hall–Kier alpha value is -0.534. The third kappa shape index (κ3) is 4.00. The molecule has 0 aliphatic rings. The van der Waals surface area contributed by atoms with Crippen LogP contribution in [0.4, 0.5) is 0 Å². The van der Waals surface area contributed by atoms with Crippen molar-refractivity contribution in [1.82, 2.24) is 10.2 Å². The van der Waals surface area contributed by atoms with E-state index in [4.69, 9.17) is 9.52 Å². The molecule has 83 valence electrons. The maximum Gasteiger partial charge on any atom is 0.312 e. The van der Waals surface area contributed by atoms with Gasteiger partial charge in [0.2, 0.25) is 11.8 Å². The average molecular weight is 257 g/mol. The van der Waals surface area contributed by atoms with Crippen molar-refractivity contribution in [1.29, 1.82) is 0 Å². The fourth-order valence-electron chi connectivity index (χ4n) is 1.27. The van der Waals surface area contributed by atoms with Gasteiger partial charge < -0.3 is 9.52 Å². The van der Waals surface area contributed by atoms with Crippen LogP contribution >= 0.6 is 0 Å². The van der Waals surface area contributed by atoms with E-state index in [9.17, 15) is 4.79 Å². The van der Waals surface area contributed by atoms with E-state index in [-0.39, 0.29) is 63.7 Å². The standard InChI is InChI=1S/C11H10N2O3.K/c1-7-2-4-8(5-3-7)11-13-12-9(16-11)6-10(14)15;/h2-5H,6H2,1H3,(H,14,15);. The topological polar surface area (TPSA) is 76.2 Å². The van der Waals surface area contributed by atoms with Crippen molar-refractivity contribution in [2.24, 2.45) is 0 Å². The van der Waals surface area contributed by atoms with Crippen LogP contribution in [0.2, 0.25) is 0 Å². The number of hydrogen-bond acceptors (Lipinski definition) is 4. The van der Waals surface area contributed by atoms with Crippen molar-refractivity contribution < 1.29 is 14.3 Å². The Morgan fingerprint density at radius 1 is 1.29 bits per heavy atom. The van der Waals surface area contributed by atoms with Crippen molar-refractivity contribution >= 4 is 57.4 Å². The molecule has 0 fully saturated rings. The van der Waals surface area contributed by atoms with Crippen molar-refractivity contribution in [3.8, 4) is 11.5 Å². The van der Waals surface area contributed by atoms with Gasteiger partial charge in [-0.15, -0.1) is 10.2 Å². The zero-order chi connectivity index (χ0) is 11.5. The molecule has 0 aliphatic heterocycles. The zero-order valence-corrected chi connectivity index (χ0v) is 12.8. The van der Waals surface area contributed by atoms with Crippen molar-refractivity contribution in [2.45, 2.75) is 13.3 Å². The van der Waals surface area contributed by atoms with Crippen molar-refractivity contribution in [3.05, 3.63) is 35.7 Å². The number of aryl methyl sites for hydroxylation is 1. The van der Waals surface area contributed by atoms with E-state index < -0.39 is 5.97 Å². The summed E-state index contributed by atoms with van der Waals surface area (Å²) in [5, 5.41) is 16.0. The monoisotopic (exact) mass is 257 g/mol. The number of benzene rings is 1. The first-order valence-electron chi connectivity index (χ1n) is 4.76. The first kappa shape index (κ1) is 14.5. The number of aliphatic carboxylic acids is 1. The Bertz CT molecular complexity index is 508. The number of carboxylic acids is 1. The Balaban J connectivity index is 0.00000144. The van der Waals surface area contributed by atoms with Gasteiger partial charge in [-0.25, -0.2) is 0 Å².